The van der Waals surface area contributed by atoms with Crippen LogP contribution in [0.15, 0.2) is 60.8 Å². The molecule has 1 amide bonds. The van der Waals surface area contributed by atoms with Crippen LogP contribution in [0.4, 0.5) is 18.9 Å². The van der Waals surface area contributed by atoms with Crippen LogP contribution in [0.5, 0.6) is 0 Å². The van der Waals surface area contributed by atoms with E-state index in [-0.39, 0.29) is 16.4 Å². The molecule has 4 nitrogen and oxygen atoms in total. The van der Waals surface area contributed by atoms with Crippen molar-refractivity contribution in [1.82, 2.24) is 9.78 Å². The third-order valence-corrected chi connectivity index (χ3v) is 3.79. The van der Waals surface area contributed by atoms with Crippen LogP contribution in [0.2, 0.25) is 5.15 Å². The molecule has 0 unspecified atom stereocenters. The lowest BCUT2D eigenvalue weighted by Gasteiger charge is -2.08. The van der Waals surface area contributed by atoms with Gasteiger partial charge in [-0.15, -0.1) is 0 Å². The lowest BCUT2D eigenvalue weighted by atomic mass is 10.2. The zero-order valence-electron chi connectivity index (χ0n) is 12.6. The molecule has 128 valence electrons. The van der Waals surface area contributed by atoms with E-state index in [4.69, 9.17) is 11.6 Å². The molecule has 8 heteroatoms. The van der Waals surface area contributed by atoms with Gasteiger partial charge in [-0.1, -0.05) is 29.8 Å². The summed E-state index contributed by atoms with van der Waals surface area (Å²) < 4.78 is 39.0. The van der Waals surface area contributed by atoms with Crippen molar-refractivity contribution in [2.24, 2.45) is 0 Å². The van der Waals surface area contributed by atoms with Gasteiger partial charge in [0, 0.05) is 5.69 Å². The van der Waals surface area contributed by atoms with Crippen molar-refractivity contribution in [2.45, 2.75) is 6.18 Å². The number of carbonyl (C=O) groups is 1. The van der Waals surface area contributed by atoms with Gasteiger partial charge in [0.15, 0.2) is 0 Å². The Morgan fingerprint density at radius 2 is 1.68 bits per heavy atom. The van der Waals surface area contributed by atoms with Gasteiger partial charge in [-0.2, -0.15) is 18.3 Å². The molecule has 0 bridgehead atoms. The molecule has 0 saturated heterocycles. The molecular formula is C17H11ClF3N3O. The minimum atomic E-state index is -4.43. The van der Waals surface area contributed by atoms with Gasteiger partial charge >= 0.3 is 6.18 Å². The van der Waals surface area contributed by atoms with E-state index in [9.17, 15) is 18.0 Å². The van der Waals surface area contributed by atoms with E-state index in [0.717, 1.165) is 12.1 Å². The van der Waals surface area contributed by atoms with E-state index in [0.29, 0.717) is 5.69 Å². The third kappa shape index (κ3) is 3.66. The van der Waals surface area contributed by atoms with Crippen LogP contribution in [0.3, 0.4) is 0 Å². The first kappa shape index (κ1) is 17.0. The van der Waals surface area contributed by atoms with E-state index in [2.05, 4.69) is 10.4 Å². The van der Waals surface area contributed by atoms with Crippen molar-refractivity contribution >= 4 is 23.2 Å². The maximum Gasteiger partial charge on any atom is 0.416 e. The molecule has 0 spiro atoms. The molecule has 2 aromatic carbocycles. The van der Waals surface area contributed by atoms with Crippen LogP contribution in [0.1, 0.15) is 15.9 Å². The summed E-state index contributed by atoms with van der Waals surface area (Å²) in [7, 11) is 0. The van der Waals surface area contributed by atoms with Crippen LogP contribution < -0.4 is 5.32 Å². The molecule has 0 saturated carbocycles. The summed E-state index contributed by atoms with van der Waals surface area (Å²) in [6, 6.07) is 13.1. The van der Waals surface area contributed by atoms with Gasteiger partial charge < -0.3 is 5.32 Å². The van der Waals surface area contributed by atoms with E-state index in [1.807, 2.05) is 6.07 Å². The number of anilines is 1. The highest BCUT2D eigenvalue weighted by Gasteiger charge is 2.30. The Morgan fingerprint density at radius 3 is 2.28 bits per heavy atom. The minimum absolute atomic E-state index is 0.107. The number of benzene rings is 2. The predicted octanol–water partition coefficient (Wildman–Crippen LogP) is 4.80. The lowest BCUT2D eigenvalue weighted by Crippen LogP contribution is -2.12. The van der Waals surface area contributed by atoms with Gasteiger partial charge in [-0.3, -0.25) is 4.79 Å². The molecule has 0 aliphatic carbocycles. The molecule has 0 fully saturated rings. The van der Waals surface area contributed by atoms with Crippen LogP contribution in [-0.4, -0.2) is 15.7 Å². The Morgan fingerprint density at radius 1 is 1.04 bits per heavy atom. The average Bonchev–Trinajstić information content (AvgIpc) is 2.97. The Labute approximate surface area is 145 Å². The Hall–Kier alpha value is -2.80. The van der Waals surface area contributed by atoms with Crippen molar-refractivity contribution in [2.75, 3.05) is 5.32 Å². The Balaban J connectivity index is 1.79. The first-order chi connectivity index (χ1) is 11.9. The number of carbonyl (C=O) groups excluding carboxylic acids is 1. The van der Waals surface area contributed by atoms with E-state index in [1.54, 1.807) is 24.3 Å². The van der Waals surface area contributed by atoms with Gasteiger partial charge in [-0.25, -0.2) is 4.68 Å². The van der Waals surface area contributed by atoms with Crippen molar-refractivity contribution in [3.8, 4) is 5.69 Å². The molecule has 0 atom stereocenters. The molecule has 3 rings (SSSR count). The summed E-state index contributed by atoms with van der Waals surface area (Å²) in [6.07, 6.45) is -3.13. The third-order valence-electron chi connectivity index (χ3n) is 3.43. The van der Waals surface area contributed by atoms with Crippen LogP contribution >= 0.6 is 11.6 Å². The van der Waals surface area contributed by atoms with Crippen molar-refractivity contribution in [3.05, 3.63) is 77.1 Å². The van der Waals surface area contributed by atoms with E-state index < -0.39 is 17.6 Å². The van der Waals surface area contributed by atoms with Crippen LogP contribution in [0, 0.1) is 0 Å². The van der Waals surface area contributed by atoms with Crippen LogP contribution in [-0.2, 0) is 6.18 Å². The number of nitrogens with zero attached hydrogens (tertiary/aromatic N) is 2. The first-order valence-electron chi connectivity index (χ1n) is 7.14. The maximum atomic E-state index is 12.5. The highest BCUT2D eigenvalue weighted by Crippen LogP contribution is 2.30. The van der Waals surface area contributed by atoms with Gasteiger partial charge in [0.1, 0.15) is 5.15 Å². The average molecular weight is 366 g/mol. The normalized spacial score (nSPS) is 11.4. The highest BCUT2D eigenvalue weighted by atomic mass is 35.5. The topological polar surface area (TPSA) is 46.9 Å². The van der Waals surface area contributed by atoms with Crippen LogP contribution in [0.25, 0.3) is 5.69 Å². The zero-order valence-corrected chi connectivity index (χ0v) is 13.3. The Bertz CT molecular complexity index is 890. The van der Waals surface area contributed by atoms with Gasteiger partial charge in [-0.05, 0) is 36.4 Å². The Kier molecular flexibility index (Phi) is 4.50. The molecule has 1 N–H and O–H groups in total. The molecular weight excluding hydrogens is 355 g/mol. The second-order valence-corrected chi connectivity index (χ2v) is 5.48. The predicted molar refractivity (Wildman–Crippen MR) is 88.0 cm³/mol. The number of amides is 1. The summed E-state index contributed by atoms with van der Waals surface area (Å²) in [4.78, 5) is 12.3. The fraction of sp³-hybridized carbons (Fsp3) is 0.0588. The monoisotopic (exact) mass is 365 g/mol. The second kappa shape index (κ2) is 6.60. The molecule has 0 radical (unpaired) electrons. The second-order valence-electron chi connectivity index (χ2n) is 5.13. The first-order valence-corrected chi connectivity index (χ1v) is 7.51. The van der Waals surface area contributed by atoms with Gasteiger partial charge in [0.05, 0.1) is 23.0 Å². The molecule has 1 heterocycles. The highest BCUT2D eigenvalue weighted by molar-refractivity contribution is 6.33. The molecule has 3 aromatic rings. The summed E-state index contributed by atoms with van der Waals surface area (Å²) in [6.45, 7) is 0. The smallest absolute Gasteiger partial charge is 0.322 e. The fourth-order valence-corrected chi connectivity index (χ4v) is 2.45. The maximum absolute atomic E-state index is 12.5. The lowest BCUT2D eigenvalue weighted by molar-refractivity contribution is -0.137. The molecule has 25 heavy (non-hydrogen) atoms. The number of para-hydroxylation sites is 1. The molecule has 1 aromatic heterocycles. The molecule has 0 aliphatic heterocycles. The van der Waals surface area contributed by atoms with Gasteiger partial charge in [0.2, 0.25) is 0 Å². The number of nitrogens with one attached hydrogen (secondary N) is 1. The number of halogens is 4. The molecule has 0 aliphatic rings. The standard InChI is InChI=1S/C17H11ClF3N3O/c18-15-14(10-22-24(15)13-4-2-1-3-5-13)16(25)23-12-8-6-11(7-9-12)17(19,20)21/h1-10H,(H,23,25). The number of hydrogen-bond acceptors (Lipinski definition) is 2. The summed E-state index contributed by atoms with van der Waals surface area (Å²) in [5.74, 6) is -0.563. The quantitative estimate of drug-likeness (QED) is 0.725. The minimum Gasteiger partial charge on any atom is -0.322 e. The number of alkyl halides is 3. The van der Waals surface area contributed by atoms with Crippen molar-refractivity contribution < 1.29 is 18.0 Å². The van der Waals surface area contributed by atoms with Crippen molar-refractivity contribution in [3.63, 3.8) is 0 Å². The summed E-state index contributed by atoms with van der Waals surface area (Å²) in [5.41, 5.74) is 0.230. The van der Waals surface area contributed by atoms with E-state index in [1.165, 1.54) is 23.0 Å². The zero-order chi connectivity index (χ0) is 18.0. The SMILES string of the molecule is O=C(Nc1ccc(C(F)(F)F)cc1)c1cnn(-c2ccccc2)c1Cl. The number of hydrogen-bond donors (Lipinski definition) is 1. The summed E-state index contributed by atoms with van der Waals surface area (Å²) >= 11 is 6.20. The van der Waals surface area contributed by atoms with Gasteiger partial charge in [0.25, 0.3) is 5.91 Å². The number of aromatic nitrogens is 2. The number of rotatable bonds is 3. The van der Waals surface area contributed by atoms with E-state index >= 15 is 0 Å². The largest absolute Gasteiger partial charge is 0.416 e. The van der Waals surface area contributed by atoms with Crippen molar-refractivity contribution in [1.29, 1.82) is 0 Å². The summed E-state index contributed by atoms with van der Waals surface area (Å²) in [5, 5.41) is 6.68. The fourth-order valence-electron chi connectivity index (χ4n) is 2.18.